The summed E-state index contributed by atoms with van der Waals surface area (Å²) in [5.41, 5.74) is 0.500. The minimum Gasteiger partial charge on any atom is -0.456 e. The molecule has 1 saturated carbocycles. The minimum absolute atomic E-state index is 0.0409. The number of hydrogen-bond acceptors (Lipinski definition) is 4. The van der Waals surface area contributed by atoms with Crippen molar-refractivity contribution in [1.29, 1.82) is 0 Å². The van der Waals surface area contributed by atoms with Gasteiger partial charge in [-0.1, -0.05) is 38.3 Å². The van der Waals surface area contributed by atoms with Crippen molar-refractivity contribution in [3.8, 4) is 0 Å². The fourth-order valence-electron chi connectivity index (χ4n) is 3.25. The molecule has 1 aromatic rings. The molecule has 3 atom stereocenters. The zero-order chi connectivity index (χ0) is 19.1. The van der Waals surface area contributed by atoms with Crippen LogP contribution in [-0.2, 0) is 14.3 Å². The number of nitrogens with one attached hydrogen (secondary N) is 1. The topological polar surface area (TPSA) is 72.5 Å². The number of amides is 1. The molecule has 0 saturated heterocycles. The average molecular weight is 380 g/mol. The first-order valence-electron chi connectivity index (χ1n) is 9.10. The molecule has 1 aliphatic carbocycles. The number of rotatable bonds is 7. The van der Waals surface area contributed by atoms with Crippen LogP contribution >= 0.6 is 11.6 Å². The summed E-state index contributed by atoms with van der Waals surface area (Å²) in [6.07, 6.45) is 3.23. The van der Waals surface area contributed by atoms with E-state index in [1.807, 2.05) is 0 Å². The highest BCUT2D eigenvalue weighted by Crippen LogP contribution is 2.29. The van der Waals surface area contributed by atoms with Gasteiger partial charge >= 0.3 is 5.97 Å². The number of ketones is 1. The molecule has 6 heteroatoms. The predicted octanol–water partition coefficient (Wildman–Crippen LogP) is 3.79. The summed E-state index contributed by atoms with van der Waals surface area (Å²) in [5.74, 6) is 0.00446. The Bertz CT molecular complexity index is 644. The fourth-order valence-corrected chi connectivity index (χ4v) is 3.37. The SMILES string of the molecule is C[C@H]1[C@@H](NC(=O)COC(=O)CCC(=O)c2ccc(Cl)cc2)CCC[C@@H]1C. The van der Waals surface area contributed by atoms with E-state index < -0.39 is 5.97 Å². The Balaban J connectivity index is 1.68. The smallest absolute Gasteiger partial charge is 0.306 e. The predicted molar refractivity (Wildman–Crippen MR) is 100 cm³/mol. The van der Waals surface area contributed by atoms with Crippen LogP contribution in [0.15, 0.2) is 24.3 Å². The summed E-state index contributed by atoms with van der Waals surface area (Å²) in [6.45, 7) is 4.04. The average Bonchev–Trinajstić information content (AvgIpc) is 2.62. The van der Waals surface area contributed by atoms with E-state index in [4.69, 9.17) is 16.3 Å². The number of benzene rings is 1. The Kier molecular flexibility index (Phi) is 7.64. The van der Waals surface area contributed by atoms with Gasteiger partial charge in [-0.2, -0.15) is 0 Å². The van der Waals surface area contributed by atoms with Crippen LogP contribution in [0, 0.1) is 11.8 Å². The van der Waals surface area contributed by atoms with Crippen molar-refractivity contribution < 1.29 is 19.1 Å². The van der Waals surface area contributed by atoms with E-state index in [2.05, 4.69) is 19.2 Å². The third-order valence-corrected chi connectivity index (χ3v) is 5.39. The maximum absolute atomic E-state index is 12.0. The van der Waals surface area contributed by atoms with Gasteiger partial charge in [0.05, 0.1) is 6.42 Å². The summed E-state index contributed by atoms with van der Waals surface area (Å²) in [5, 5.41) is 3.50. The lowest BCUT2D eigenvalue weighted by Crippen LogP contribution is -2.45. The molecule has 0 aromatic heterocycles. The Morgan fingerprint density at radius 2 is 1.81 bits per heavy atom. The van der Waals surface area contributed by atoms with Crippen molar-refractivity contribution in [1.82, 2.24) is 5.32 Å². The standard InChI is InChI=1S/C20H26ClNO4/c1-13-4-3-5-17(14(13)2)22-19(24)12-26-20(25)11-10-18(23)15-6-8-16(21)9-7-15/h6-9,13-14,17H,3-5,10-12H2,1-2H3,(H,22,24)/t13-,14+,17-/m0/s1. The Hall–Kier alpha value is -1.88. The van der Waals surface area contributed by atoms with Gasteiger partial charge in [0.2, 0.25) is 0 Å². The quantitative estimate of drug-likeness (QED) is 0.578. The van der Waals surface area contributed by atoms with Gasteiger partial charge < -0.3 is 10.1 Å². The van der Waals surface area contributed by atoms with E-state index in [-0.39, 0.29) is 37.2 Å². The lowest BCUT2D eigenvalue weighted by atomic mass is 9.78. The molecule has 1 aromatic carbocycles. The number of Topliss-reactive ketones (excluding diaryl/α,β-unsaturated/α-hetero) is 1. The van der Waals surface area contributed by atoms with E-state index in [1.54, 1.807) is 24.3 Å². The maximum Gasteiger partial charge on any atom is 0.306 e. The van der Waals surface area contributed by atoms with Crippen molar-refractivity contribution in [2.75, 3.05) is 6.61 Å². The van der Waals surface area contributed by atoms with Crippen LogP contribution in [0.1, 0.15) is 56.3 Å². The third-order valence-electron chi connectivity index (χ3n) is 5.14. The van der Waals surface area contributed by atoms with E-state index in [0.29, 0.717) is 22.4 Å². The van der Waals surface area contributed by atoms with Gasteiger partial charge in [0.15, 0.2) is 12.4 Å². The minimum atomic E-state index is -0.549. The highest BCUT2D eigenvalue weighted by molar-refractivity contribution is 6.30. The molecule has 26 heavy (non-hydrogen) atoms. The van der Waals surface area contributed by atoms with Gasteiger partial charge in [-0.05, 0) is 42.5 Å². The van der Waals surface area contributed by atoms with Gasteiger partial charge in [-0.15, -0.1) is 0 Å². The molecule has 0 unspecified atom stereocenters. The van der Waals surface area contributed by atoms with E-state index in [0.717, 1.165) is 12.8 Å². The summed E-state index contributed by atoms with van der Waals surface area (Å²) in [6, 6.07) is 6.64. The number of carbonyl (C=O) groups excluding carboxylic acids is 3. The van der Waals surface area contributed by atoms with Crippen LogP contribution in [0.2, 0.25) is 5.02 Å². The first-order valence-corrected chi connectivity index (χ1v) is 9.48. The second-order valence-electron chi connectivity index (χ2n) is 7.03. The molecule has 2 rings (SSSR count). The van der Waals surface area contributed by atoms with Crippen LogP contribution in [-0.4, -0.2) is 30.3 Å². The summed E-state index contributed by atoms with van der Waals surface area (Å²) in [7, 11) is 0. The molecule has 0 bridgehead atoms. The Labute approximate surface area is 159 Å². The van der Waals surface area contributed by atoms with Crippen LogP contribution in [0.3, 0.4) is 0 Å². The van der Waals surface area contributed by atoms with Crippen molar-refractivity contribution in [2.24, 2.45) is 11.8 Å². The monoisotopic (exact) mass is 379 g/mol. The second kappa shape index (κ2) is 9.72. The molecular weight excluding hydrogens is 354 g/mol. The maximum atomic E-state index is 12.0. The van der Waals surface area contributed by atoms with Gasteiger partial charge in [0.1, 0.15) is 0 Å². The molecule has 0 spiro atoms. The molecule has 1 amide bonds. The Morgan fingerprint density at radius 3 is 2.50 bits per heavy atom. The molecule has 1 aliphatic rings. The summed E-state index contributed by atoms with van der Waals surface area (Å²) >= 11 is 5.78. The zero-order valence-electron chi connectivity index (χ0n) is 15.3. The molecular formula is C20H26ClNO4. The lowest BCUT2D eigenvalue weighted by Gasteiger charge is -2.34. The highest BCUT2D eigenvalue weighted by atomic mass is 35.5. The van der Waals surface area contributed by atoms with E-state index >= 15 is 0 Å². The molecule has 1 fully saturated rings. The van der Waals surface area contributed by atoms with Crippen molar-refractivity contribution >= 4 is 29.3 Å². The Morgan fingerprint density at radius 1 is 1.12 bits per heavy atom. The van der Waals surface area contributed by atoms with E-state index in [1.165, 1.54) is 6.42 Å². The number of ether oxygens (including phenoxy) is 1. The van der Waals surface area contributed by atoms with Crippen LogP contribution < -0.4 is 5.32 Å². The molecule has 0 heterocycles. The van der Waals surface area contributed by atoms with Crippen LogP contribution in [0.5, 0.6) is 0 Å². The van der Waals surface area contributed by atoms with Crippen LogP contribution in [0.25, 0.3) is 0 Å². The highest BCUT2D eigenvalue weighted by Gasteiger charge is 2.28. The van der Waals surface area contributed by atoms with Gasteiger partial charge in [-0.3, -0.25) is 14.4 Å². The number of carbonyl (C=O) groups is 3. The first kappa shape index (κ1) is 20.4. The fraction of sp³-hybridized carbons (Fsp3) is 0.550. The number of halogens is 1. The number of hydrogen-bond donors (Lipinski definition) is 1. The van der Waals surface area contributed by atoms with Crippen molar-refractivity contribution in [2.45, 2.75) is 52.0 Å². The zero-order valence-corrected chi connectivity index (χ0v) is 16.1. The number of esters is 1. The van der Waals surface area contributed by atoms with Gasteiger partial charge in [0.25, 0.3) is 5.91 Å². The molecule has 0 aliphatic heterocycles. The van der Waals surface area contributed by atoms with Gasteiger partial charge in [0, 0.05) is 23.0 Å². The largest absolute Gasteiger partial charge is 0.456 e. The van der Waals surface area contributed by atoms with Gasteiger partial charge in [-0.25, -0.2) is 0 Å². The van der Waals surface area contributed by atoms with Crippen LogP contribution in [0.4, 0.5) is 0 Å². The summed E-state index contributed by atoms with van der Waals surface area (Å²) < 4.78 is 4.99. The second-order valence-corrected chi connectivity index (χ2v) is 7.47. The summed E-state index contributed by atoms with van der Waals surface area (Å²) in [4.78, 5) is 35.8. The lowest BCUT2D eigenvalue weighted by molar-refractivity contribution is -0.148. The molecule has 1 N–H and O–H groups in total. The molecule has 0 radical (unpaired) electrons. The van der Waals surface area contributed by atoms with Crippen molar-refractivity contribution in [3.63, 3.8) is 0 Å². The normalized spacial score (nSPS) is 22.5. The molecule has 142 valence electrons. The third kappa shape index (κ3) is 6.13. The molecule has 5 nitrogen and oxygen atoms in total. The van der Waals surface area contributed by atoms with Crippen molar-refractivity contribution in [3.05, 3.63) is 34.9 Å². The first-order chi connectivity index (χ1) is 12.4. The van der Waals surface area contributed by atoms with E-state index in [9.17, 15) is 14.4 Å².